The van der Waals surface area contributed by atoms with Crippen molar-refractivity contribution in [3.8, 4) is 0 Å². The Hall–Kier alpha value is -1.30. The summed E-state index contributed by atoms with van der Waals surface area (Å²) in [6.07, 6.45) is 1.79. The van der Waals surface area contributed by atoms with Crippen molar-refractivity contribution in [2.45, 2.75) is 18.4 Å². The van der Waals surface area contributed by atoms with E-state index in [0.717, 1.165) is 12.8 Å². The second-order valence-electron chi connectivity index (χ2n) is 3.87. The molecule has 1 aliphatic carbocycles. The Morgan fingerprint density at radius 1 is 1.75 bits per heavy atom. The Balaban J connectivity index is 2.60. The molecule has 0 bridgehead atoms. The Morgan fingerprint density at radius 3 is 2.88 bits per heavy atom. The summed E-state index contributed by atoms with van der Waals surface area (Å²) in [5.74, 6) is -0.797. The highest BCUT2D eigenvalue weighted by Crippen LogP contribution is 2.40. The minimum Gasteiger partial charge on any atom is -0.480 e. The molecule has 0 heterocycles. The Bertz CT molecular complexity index is 299. The summed E-state index contributed by atoms with van der Waals surface area (Å²) in [6, 6.07) is 0. The van der Waals surface area contributed by atoms with Gasteiger partial charge < -0.3 is 9.84 Å². The maximum Gasteiger partial charge on any atom is 0.326 e. The number of aliphatic carboxylic acids is 1. The molecule has 7 nitrogen and oxygen atoms in total. The van der Waals surface area contributed by atoms with Crippen molar-refractivity contribution in [2.75, 3.05) is 26.8 Å². The second kappa shape index (κ2) is 5.69. The van der Waals surface area contributed by atoms with Gasteiger partial charge in [-0.1, -0.05) is 5.11 Å². The topological polar surface area (TPSA) is 107 Å². The average molecular weight is 228 g/mol. The summed E-state index contributed by atoms with van der Waals surface area (Å²) >= 11 is 0. The van der Waals surface area contributed by atoms with E-state index in [9.17, 15) is 9.90 Å². The van der Waals surface area contributed by atoms with Crippen LogP contribution in [0.15, 0.2) is 5.11 Å². The zero-order valence-electron chi connectivity index (χ0n) is 9.22. The standard InChI is InChI=1S/C9H16N4O3/c1-16-6-9(8(14)15,7-2-3-7)11-4-5-12-13-10/h7,11H,2-6H2,1H3,(H,14,15). The zero-order valence-corrected chi connectivity index (χ0v) is 9.22. The van der Waals surface area contributed by atoms with Crippen LogP contribution in [0.3, 0.4) is 0 Å². The lowest BCUT2D eigenvalue weighted by atomic mass is 9.94. The number of rotatable bonds is 8. The van der Waals surface area contributed by atoms with Crippen molar-refractivity contribution in [2.24, 2.45) is 11.0 Å². The number of hydrogen-bond donors (Lipinski definition) is 2. The van der Waals surface area contributed by atoms with E-state index in [1.165, 1.54) is 7.11 Å². The van der Waals surface area contributed by atoms with Crippen LogP contribution in [0.2, 0.25) is 0 Å². The Labute approximate surface area is 93.4 Å². The maximum absolute atomic E-state index is 11.3. The molecular formula is C9H16N4O3. The first kappa shape index (κ1) is 12.8. The number of hydrogen-bond acceptors (Lipinski definition) is 4. The number of carboxylic acids is 1. The molecule has 0 aromatic heterocycles. The summed E-state index contributed by atoms with van der Waals surface area (Å²) < 4.78 is 4.98. The summed E-state index contributed by atoms with van der Waals surface area (Å²) in [4.78, 5) is 13.9. The Kier molecular flexibility index (Phi) is 4.54. The van der Waals surface area contributed by atoms with Gasteiger partial charge in [0, 0.05) is 25.1 Å². The largest absolute Gasteiger partial charge is 0.480 e. The molecule has 1 aliphatic rings. The van der Waals surface area contributed by atoms with Crippen LogP contribution in [0.25, 0.3) is 10.4 Å². The van der Waals surface area contributed by atoms with Gasteiger partial charge in [-0.2, -0.15) is 0 Å². The van der Waals surface area contributed by atoms with Crippen LogP contribution in [0.1, 0.15) is 12.8 Å². The van der Waals surface area contributed by atoms with Crippen molar-refractivity contribution in [3.05, 3.63) is 10.4 Å². The fourth-order valence-corrected chi connectivity index (χ4v) is 1.80. The third-order valence-electron chi connectivity index (χ3n) is 2.74. The number of carboxylic acid groups (broad SMARTS) is 1. The highest BCUT2D eigenvalue weighted by Gasteiger charge is 2.50. The normalized spacial score (nSPS) is 18.6. The first-order valence-corrected chi connectivity index (χ1v) is 5.15. The summed E-state index contributed by atoms with van der Waals surface area (Å²) in [6.45, 7) is 0.710. The number of carbonyl (C=O) groups is 1. The average Bonchev–Trinajstić information content (AvgIpc) is 3.06. The van der Waals surface area contributed by atoms with E-state index in [0.29, 0.717) is 6.54 Å². The van der Waals surface area contributed by atoms with Gasteiger partial charge in [-0.3, -0.25) is 10.1 Å². The van der Waals surface area contributed by atoms with Crippen LogP contribution in [0.5, 0.6) is 0 Å². The van der Waals surface area contributed by atoms with Crippen LogP contribution >= 0.6 is 0 Å². The van der Waals surface area contributed by atoms with E-state index in [2.05, 4.69) is 15.3 Å². The number of nitrogens with one attached hydrogen (secondary N) is 1. The number of nitrogens with zero attached hydrogens (tertiary/aromatic N) is 3. The zero-order chi connectivity index (χ0) is 12.0. The summed E-state index contributed by atoms with van der Waals surface area (Å²) in [5, 5.41) is 15.6. The lowest BCUT2D eigenvalue weighted by Gasteiger charge is -2.29. The fraction of sp³-hybridized carbons (Fsp3) is 0.889. The quantitative estimate of drug-likeness (QED) is 0.277. The number of methoxy groups -OCH3 is 1. The molecule has 1 fully saturated rings. The van der Waals surface area contributed by atoms with Gasteiger partial charge in [0.1, 0.15) is 5.54 Å². The van der Waals surface area contributed by atoms with Crippen LogP contribution in [0, 0.1) is 5.92 Å². The number of ether oxygens (including phenoxy) is 1. The molecule has 1 saturated carbocycles. The van der Waals surface area contributed by atoms with Crippen molar-refractivity contribution in [1.82, 2.24) is 5.32 Å². The summed E-state index contributed by atoms with van der Waals surface area (Å²) in [7, 11) is 1.48. The van der Waals surface area contributed by atoms with Crippen LogP contribution < -0.4 is 5.32 Å². The smallest absolute Gasteiger partial charge is 0.326 e. The molecular weight excluding hydrogens is 212 g/mol. The Morgan fingerprint density at radius 2 is 2.44 bits per heavy atom. The van der Waals surface area contributed by atoms with E-state index in [1.807, 2.05) is 0 Å². The molecule has 7 heteroatoms. The predicted molar refractivity (Wildman–Crippen MR) is 57.0 cm³/mol. The lowest BCUT2D eigenvalue weighted by molar-refractivity contribution is -0.148. The van der Waals surface area contributed by atoms with Crippen molar-refractivity contribution in [3.63, 3.8) is 0 Å². The van der Waals surface area contributed by atoms with Gasteiger partial charge in [0.05, 0.1) is 6.61 Å². The molecule has 1 unspecified atom stereocenters. The molecule has 0 aromatic carbocycles. The minimum atomic E-state index is -1.03. The van der Waals surface area contributed by atoms with Crippen LogP contribution in [0.4, 0.5) is 0 Å². The molecule has 0 aliphatic heterocycles. The molecule has 0 amide bonds. The van der Waals surface area contributed by atoms with Crippen molar-refractivity contribution >= 4 is 5.97 Å². The molecule has 0 spiro atoms. The van der Waals surface area contributed by atoms with Gasteiger partial charge in [-0.05, 0) is 24.3 Å². The summed E-state index contributed by atoms with van der Waals surface area (Å²) in [5.41, 5.74) is 7.09. The maximum atomic E-state index is 11.3. The molecule has 16 heavy (non-hydrogen) atoms. The molecule has 0 saturated heterocycles. The van der Waals surface area contributed by atoms with E-state index in [1.54, 1.807) is 0 Å². The van der Waals surface area contributed by atoms with E-state index in [4.69, 9.17) is 10.3 Å². The van der Waals surface area contributed by atoms with E-state index in [-0.39, 0.29) is 19.1 Å². The van der Waals surface area contributed by atoms with Gasteiger partial charge in [-0.25, -0.2) is 0 Å². The fourth-order valence-electron chi connectivity index (χ4n) is 1.80. The van der Waals surface area contributed by atoms with Crippen LogP contribution in [-0.2, 0) is 9.53 Å². The van der Waals surface area contributed by atoms with Gasteiger partial charge in [0.25, 0.3) is 0 Å². The van der Waals surface area contributed by atoms with E-state index >= 15 is 0 Å². The van der Waals surface area contributed by atoms with E-state index < -0.39 is 11.5 Å². The molecule has 90 valence electrons. The van der Waals surface area contributed by atoms with Crippen molar-refractivity contribution in [1.29, 1.82) is 0 Å². The minimum absolute atomic E-state index is 0.107. The van der Waals surface area contributed by atoms with Gasteiger partial charge in [-0.15, -0.1) is 0 Å². The highest BCUT2D eigenvalue weighted by molar-refractivity contribution is 5.80. The molecule has 1 atom stereocenters. The van der Waals surface area contributed by atoms with Gasteiger partial charge >= 0.3 is 5.97 Å². The monoisotopic (exact) mass is 228 g/mol. The molecule has 0 radical (unpaired) electrons. The third kappa shape index (κ3) is 2.85. The first-order chi connectivity index (χ1) is 7.67. The molecule has 0 aromatic rings. The van der Waals surface area contributed by atoms with Gasteiger partial charge in [0.2, 0.25) is 0 Å². The lowest BCUT2D eigenvalue weighted by Crippen LogP contribution is -2.58. The number of azide groups is 1. The SMILES string of the molecule is COCC(NCCN=[N+]=[N-])(C(=O)O)C1CC1. The molecule has 1 rings (SSSR count). The van der Waals surface area contributed by atoms with Gasteiger partial charge in [0.15, 0.2) is 0 Å². The highest BCUT2D eigenvalue weighted by atomic mass is 16.5. The second-order valence-corrected chi connectivity index (χ2v) is 3.87. The first-order valence-electron chi connectivity index (χ1n) is 5.15. The third-order valence-corrected chi connectivity index (χ3v) is 2.74. The molecule has 2 N–H and O–H groups in total. The van der Waals surface area contributed by atoms with Crippen LogP contribution in [-0.4, -0.2) is 43.4 Å². The predicted octanol–water partition coefficient (Wildman–Crippen LogP) is 0.766. The van der Waals surface area contributed by atoms with Crippen molar-refractivity contribution < 1.29 is 14.6 Å².